The molecule has 0 fully saturated rings. The Labute approximate surface area is 236 Å². The lowest BCUT2D eigenvalue weighted by Crippen LogP contribution is -2.48. The average molecular weight is 609 g/mol. The second kappa shape index (κ2) is 14.6. The Kier molecular flexibility index (Phi) is 11.2. The number of carbonyl (C=O) groups is 1. The van der Waals surface area contributed by atoms with Crippen molar-refractivity contribution in [3.63, 3.8) is 0 Å². The molecule has 0 heterocycles. The summed E-state index contributed by atoms with van der Waals surface area (Å²) < 4.78 is 42.7. The predicted octanol–water partition coefficient (Wildman–Crippen LogP) is 1.58. The van der Waals surface area contributed by atoms with Crippen molar-refractivity contribution in [2.24, 2.45) is 10.2 Å². The van der Waals surface area contributed by atoms with Crippen LogP contribution in [-0.4, -0.2) is 35.9 Å². The number of nitrogens with one attached hydrogen (secondary N) is 2. The number of hydrogen-bond donors (Lipinski definition) is 5. The first kappa shape index (κ1) is 31.6. The van der Waals surface area contributed by atoms with E-state index >= 15 is 0 Å². The van der Waals surface area contributed by atoms with Crippen molar-refractivity contribution in [3.05, 3.63) is 96.4 Å². The van der Waals surface area contributed by atoms with Crippen molar-refractivity contribution >= 4 is 39.8 Å². The molecular weight excluding hydrogens is 584 g/mol. The van der Waals surface area contributed by atoms with Crippen LogP contribution in [0.25, 0.3) is 0 Å². The molecule has 41 heavy (non-hydrogen) atoms. The molecule has 17 heteroatoms. The van der Waals surface area contributed by atoms with E-state index in [-0.39, 0.29) is 28.9 Å². The van der Waals surface area contributed by atoms with Gasteiger partial charge in [0.15, 0.2) is 17.7 Å². The summed E-state index contributed by atoms with van der Waals surface area (Å²) in [5.41, 5.74) is 4.28. The Balaban J connectivity index is 1.89. The Morgan fingerprint density at radius 2 is 1.71 bits per heavy atom. The quantitative estimate of drug-likeness (QED) is 0.0576. The van der Waals surface area contributed by atoms with Gasteiger partial charge in [0.1, 0.15) is 10.3 Å². The van der Waals surface area contributed by atoms with Gasteiger partial charge in [-0.05, 0) is 66.8 Å². The normalized spacial score (nSPS) is 12.5. The second-order valence-electron chi connectivity index (χ2n) is 8.19. The highest BCUT2D eigenvalue weighted by atomic mass is 32.2. The Morgan fingerprint density at radius 1 is 1.00 bits per heavy atom. The topological polar surface area (TPSA) is 223 Å². The lowest BCUT2D eigenvalue weighted by atomic mass is 10.1. The summed E-state index contributed by atoms with van der Waals surface area (Å²) in [4.78, 5) is 36.3. The number of carboxylic acid groups (broad SMARTS) is 1. The first-order valence-electron chi connectivity index (χ1n) is 11.7. The number of anilines is 2. The third kappa shape index (κ3) is 8.76. The molecular formula is C24H24N4O11S2. The van der Waals surface area contributed by atoms with Crippen LogP contribution in [0.3, 0.4) is 0 Å². The summed E-state index contributed by atoms with van der Waals surface area (Å²) in [7, 11) is -4.74. The number of aromatic carboxylic acids is 1. The summed E-state index contributed by atoms with van der Waals surface area (Å²) in [6.45, 7) is 2.02. The van der Waals surface area contributed by atoms with E-state index in [2.05, 4.69) is 30.4 Å². The first-order chi connectivity index (χ1) is 19.5. The van der Waals surface area contributed by atoms with Crippen LogP contribution in [0.2, 0.25) is 0 Å². The van der Waals surface area contributed by atoms with Gasteiger partial charge in [0, 0.05) is 0 Å². The Hall–Kier alpha value is -3.97. The molecule has 0 saturated carbocycles. The molecule has 0 aromatic heterocycles. The van der Waals surface area contributed by atoms with Crippen molar-refractivity contribution < 1.29 is 41.7 Å². The van der Waals surface area contributed by atoms with Gasteiger partial charge in [0.2, 0.25) is 10.9 Å². The van der Waals surface area contributed by atoms with Gasteiger partial charge in [-0.15, -0.1) is 4.33 Å². The maximum atomic E-state index is 12.9. The predicted molar refractivity (Wildman–Crippen MR) is 145 cm³/mol. The van der Waals surface area contributed by atoms with Crippen molar-refractivity contribution in [1.82, 2.24) is 0 Å². The van der Waals surface area contributed by atoms with E-state index in [1.807, 2.05) is 6.92 Å². The molecule has 0 unspecified atom stereocenters. The molecule has 218 valence electrons. The van der Waals surface area contributed by atoms with Crippen LogP contribution < -0.4 is 32.4 Å². The summed E-state index contributed by atoms with van der Waals surface area (Å²) in [5, 5.41) is 27.7. The standard InChI is InChI=1S/C24H24N4O11S2/c1-2-14-5-7-17(16(12-14)24(31)32)25-27-19-9-10-20(29)22(23(19)30)28-26-18-8-6-15(13-21(18)41(34,35)36)4-3-11-37-40-39-38-33/h5-10,12-13,25-26,33H,2-4,11H2,1H3,(H,31,32)(H,34,35,36)/b27-19+,28-22+. The van der Waals surface area contributed by atoms with Gasteiger partial charge < -0.3 is 5.11 Å². The van der Waals surface area contributed by atoms with Crippen LogP contribution in [0, 0.1) is 0 Å². The van der Waals surface area contributed by atoms with Crippen molar-refractivity contribution in [2.75, 3.05) is 17.5 Å². The average Bonchev–Trinajstić information content (AvgIpc) is 2.94. The summed E-state index contributed by atoms with van der Waals surface area (Å²) in [5.74, 6) is -1.20. The third-order valence-corrected chi connectivity index (χ3v) is 6.78. The van der Waals surface area contributed by atoms with Crippen LogP contribution in [0.15, 0.2) is 73.2 Å². The van der Waals surface area contributed by atoms with Crippen LogP contribution in [0.5, 0.6) is 0 Å². The minimum atomic E-state index is -4.74. The summed E-state index contributed by atoms with van der Waals surface area (Å²) in [6.07, 6.45) is 1.35. The van der Waals surface area contributed by atoms with E-state index in [0.717, 1.165) is 17.7 Å². The minimum Gasteiger partial charge on any atom is -0.478 e. The number of benzene rings is 3. The van der Waals surface area contributed by atoms with Gasteiger partial charge in [-0.3, -0.25) is 29.2 Å². The molecule has 5 N–H and O–H groups in total. The first-order valence-corrected chi connectivity index (χ1v) is 13.8. The maximum Gasteiger partial charge on any atom is 0.337 e. The fourth-order valence-electron chi connectivity index (χ4n) is 3.49. The Bertz CT molecular complexity index is 1740. The second-order valence-corrected chi connectivity index (χ2v) is 10.1. The van der Waals surface area contributed by atoms with E-state index in [9.17, 15) is 32.5 Å². The van der Waals surface area contributed by atoms with E-state index in [4.69, 9.17) is 9.44 Å². The highest BCUT2D eigenvalue weighted by molar-refractivity contribution is 7.89. The van der Waals surface area contributed by atoms with Crippen LogP contribution in [0.1, 0.15) is 34.8 Å². The molecule has 0 aliphatic rings. The minimum absolute atomic E-state index is 0.0644. The van der Waals surface area contributed by atoms with Gasteiger partial charge in [0.25, 0.3) is 10.1 Å². The molecule has 0 amide bonds. The van der Waals surface area contributed by atoms with Gasteiger partial charge in [-0.25, -0.2) is 10.1 Å². The van der Waals surface area contributed by atoms with Gasteiger partial charge in [-0.1, -0.05) is 24.1 Å². The lowest BCUT2D eigenvalue weighted by Gasteiger charge is -2.09. The number of carboxylic acids is 1. The zero-order valence-corrected chi connectivity index (χ0v) is 22.9. The summed E-state index contributed by atoms with van der Waals surface area (Å²) in [6, 6.07) is 10.8. The van der Waals surface area contributed by atoms with Crippen LogP contribution in [0.4, 0.5) is 11.4 Å². The van der Waals surface area contributed by atoms with Crippen molar-refractivity contribution in [2.45, 2.75) is 31.1 Å². The SMILES string of the molecule is CCc1ccc(N/N=c2\ccc(=O)/c(=N\Nc3ccc(CCCOSOOO)cc3S(=O)(=O)O)c2=O)c(C(=O)O)c1. The van der Waals surface area contributed by atoms with Crippen LogP contribution >= 0.6 is 12.3 Å². The molecule has 0 atom stereocenters. The van der Waals surface area contributed by atoms with Crippen molar-refractivity contribution in [3.8, 4) is 0 Å². The largest absolute Gasteiger partial charge is 0.478 e. The lowest BCUT2D eigenvalue weighted by molar-refractivity contribution is -0.434. The third-order valence-electron chi connectivity index (χ3n) is 5.50. The molecule has 3 rings (SSSR count). The van der Waals surface area contributed by atoms with Crippen molar-refractivity contribution in [1.29, 1.82) is 0 Å². The smallest absolute Gasteiger partial charge is 0.337 e. The molecule has 0 aliphatic heterocycles. The zero-order chi connectivity index (χ0) is 30.0. The molecule has 0 bridgehead atoms. The zero-order valence-electron chi connectivity index (χ0n) is 21.3. The van der Waals surface area contributed by atoms with Crippen LogP contribution in [-0.2, 0) is 36.5 Å². The molecule has 0 saturated heterocycles. The van der Waals surface area contributed by atoms with Gasteiger partial charge in [0.05, 0.1) is 23.5 Å². The number of nitrogens with zero attached hydrogens (tertiary/aromatic N) is 2. The van der Waals surface area contributed by atoms with Gasteiger partial charge in [-0.2, -0.15) is 18.6 Å². The molecule has 0 radical (unpaired) electrons. The van der Waals surface area contributed by atoms with E-state index in [0.29, 0.717) is 37.1 Å². The molecule has 3 aromatic rings. The highest BCUT2D eigenvalue weighted by Crippen LogP contribution is 2.23. The number of rotatable bonds is 14. The molecule has 0 aliphatic carbocycles. The molecule has 15 nitrogen and oxygen atoms in total. The van der Waals surface area contributed by atoms with E-state index < -0.39 is 37.2 Å². The fourth-order valence-corrected chi connectivity index (χ4v) is 4.43. The number of aryl methyl sites for hydroxylation is 2. The van der Waals surface area contributed by atoms with E-state index in [1.54, 1.807) is 6.07 Å². The Morgan fingerprint density at radius 3 is 2.39 bits per heavy atom. The van der Waals surface area contributed by atoms with Gasteiger partial charge >= 0.3 is 5.97 Å². The highest BCUT2D eigenvalue weighted by Gasteiger charge is 2.17. The molecule has 0 spiro atoms. The maximum absolute atomic E-state index is 12.9. The molecule has 3 aromatic carbocycles. The summed E-state index contributed by atoms with van der Waals surface area (Å²) >= 11 is 0.395. The number of hydrogen-bond acceptors (Lipinski definition) is 14. The fraction of sp³-hybridized carbons (Fsp3) is 0.208. The monoisotopic (exact) mass is 608 g/mol. The van der Waals surface area contributed by atoms with E-state index in [1.165, 1.54) is 30.3 Å².